The lowest BCUT2D eigenvalue weighted by molar-refractivity contribution is -0.139. The second-order valence-corrected chi connectivity index (χ2v) is 11.2. The molecule has 2 fully saturated rings. The van der Waals surface area contributed by atoms with E-state index >= 15 is 0 Å². The number of thiophene rings is 1. The average Bonchev–Trinajstić information content (AvgIpc) is 3.27. The highest BCUT2D eigenvalue weighted by Gasteiger charge is 2.38. The van der Waals surface area contributed by atoms with E-state index in [1.807, 2.05) is 22.4 Å². The molecule has 0 unspecified atom stereocenters. The number of hydrogen-bond donors (Lipinski definition) is 0. The van der Waals surface area contributed by atoms with Gasteiger partial charge in [0, 0.05) is 16.8 Å². The number of amides is 1. The molecular weight excluding hydrogens is 366 g/mol. The highest BCUT2D eigenvalue weighted by Crippen LogP contribution is 2.34. The van der Waals surface area contributed by atoms with Crippen molar-refractivity contribution in [2.45, 2.75) is 70.9 Å². The summed E-state index contributed by atoms with van der Waals surface area (Å²) in [5.41, 5.74) is 0. The van der Waals surface area contributed by atoms with Crippen LogP contribution in [0.25, 0.3) is 0 Å². The summed E-state index contributed by atoms with van der Waals surface area (Å²) in [6, 6.07) is 3.88. The van der Waals surface area contributed by atoms with Crippen molar-refractivity contribution in [1.29, 1.82) is 0 Å². The van der Waals surface area contributed by atoms with Gasteiger partial charge in [0.2, 0.25) is 5.91 Å². The summed E-state index contributed by atoms with van der Waals surface area (Å²) in [6.07, 6.45) is 8.62. The van der Waals surface area contributed by atoms with Gasteiger partial charge in [0.1, 0.15) is 0 Å². The highest BCUT2D eigenvalue weighted by molar-refractivity contribution is 7.91. The molecule has 1 saturated carbocycles. The van der Waals surface area contributed by atoms with Gasteiger partial charge in [0.15, 0.2) is 9.84 Å². The molecule has 1 aromatic heterocycles. The molecule has 1 aliphatic carbocycles. The Hall–Kier alpha value is -0.880. The number of sulfone groups is 1. The van der Waals surface area contributed by atoms with Crippen molar-refractivity contribution in [1.82, 2.24) is 4.90 Å². The predicted molar refractivity (Wildman–Crippen MR) is 107 cm³/mol. The van der Waals surface area contributed by atoms with Crippen LogP contribution in [0.2, 0.25) is 0 Å². The van der Waals surface area contributed by atoms with Crippen LogP contribution in [-0.2, 0) is 21.2 Å². The van der Waals surface area contributed by atoms with Crippen LogP contribution in [0, 0.1) is 11.8 Å². The molecule has 4 nitrogen and oxygen atoms in total. The molecule has 0 spiro atoms. The third-order valence-electron chi connectivity index (χ3n) is 6.00. The summed E-state index contributed by atoms with van der Waals surface area (Å²) < 4.78 is 23.9. The highest BCUT2D eigenvalue weighted by atomic mass is 32.2. The lowest BCUT2D eigenvalue weighted by Gasteiger charge is -2.35. The number of rotatable bonds is 7. The molecule has 1 aliphatic heterocycles. The van der Waals surface area contributed by atoms with Gasteiger partial charge in [-0.2, -0.15) is 0 Å². The number of unbranched alkanes of at least 4 members (excludes halogenated alkanes) is 1. The number of nitrogens with zero attached hydrogens (tertiary/aromatic N) is 1. The van der Waals surface area contributed by atoms with Crippen molar-refractivity contribution in [2.75, 3.05) is 11.5 Å². The smallest absolute Gasteiger partial charge is 0.226 e. The van der Waals surface area contributed by atoms with Crippen molar-refractivity contribution >= 4 is 27.1 Å². The fraction of sp³-hybridized carbons (Fsp3) is 0.750. The van der Waals surface area contributed by atoms with E-state index < -0.39 is 9.84 Å². The zero-order valence-electron chi connectivity index (χ0n) is 15.7. The van der Waals surface area contributed by atoms with Gasteiger partial charge in [-0.3, -0.25) is 4.79 Å². The van der Waals surface area contributed by atoms with Crippen LogP contribution < -0.4 is 0 Å². The number of carbonyl (C=O) groups excluding carboxylic acids is 1. The summed E-state index contributed by atoms with van der Waals surface area (Å²) in [6.45, 7) is 2.79. The lowest BCUT2D eigenvalue weighted by atomic mass is 9.79. The Labute approximate surface area is 161 Å². The van der Waals surface area contributed by atoms with Crippen molar-refractivity contribution in [3.05, 3.63) is 22.4 Å². The van der Waals surface area contributed by atoms with Gasteiger partial charge in [-0.05, 0) is 49.5 Å². The molecule has 1 atom stereocenters. The molecule has 2 aliphatic rings. The Morgan fingerprint density at radius 1 is 1.23 bits per heavy atom. The molecule has 0 N–H and O–H groups in total. The molecule has 6 heteroatoms. The van der Waals surface area contributed by atoms with Crippen LogP contribution >= 0.6 is 11.3 Å². The van der Waals surface area contributed by atoms with Crippen molar-refractivity contribution in [3.63, 3.8) is 0 Å². The van der Waals surface area contributed by atoms with Crippen molar-refractivity contribution in [3.8, 4) is 0 Å². The van der Waals surface area contributed by atoms with Crippen LogP contribution in [0.4, 0.5) is 0 Å². The normalized spacial score (nSPS) is 28.1. The van der Waals surface area contributed by atoms with Crippen LogP contribution in [0.15, 0.2) is 17.5 Å². The van der Waals surface area contributed by atoms with Gasteiger partial charge in [0.25, 0.3) is 0 Å². The minimum atomic E-state index is -2.99. The maximum Gasteiger partial charge on any atom is 0.226 e. The molecule has 3 rings (SSSR count). The SMILES string of the molecule is CCCCC1CCC(C(=O)N(Cc2cccs2)[C@@H]2CCS(=O)(=O)C2)CC1. The molecule has 0 radical (unpaired) electrons. The lowest BCUT2D eigenvalue weighted by Crippen LogP contribution is -2.44. The molecule has 2 heterocycles. The Morgan fingerprint density at radius 2 is 2.00 bits per heavy atom. The number of carbonyl (C=O) groups is 1. The van der Waals surface area contributed by atoms with Gasteiger partial charge >= 0.3 is 0 Å². The monoisotopic (exact) mass is 397 g/mol. The molecule has 1 saturated heterocycles. The van der Waals surface area contributed by atoms with Crippen LogP contribution in [0.5, 0.6) is 0 Å². The fourth-order valence-corrected chi connectivity index (χ4v) is 6.84. The largest absolute Gasteiger partial charge is 0.333 e. The van der Waals surface area contributed by atoms with Gasteiger partial charge in [-0.15, -0.1) is 11.3 Å². The van der Waals surface area contributed by atoms with E-state index in [1.165, 1.54) is 19.3 Å². The van der Waals surface area contributed by atoms with E-state index in [2.05, 4.69) is 6.92 Å². The molecule has 0 bridgehead atoms. The maximum atomic E-state index is 13.3. The van der Waals surface area contributed by atoms with Gasteiger partial charge in [-0.1, -0.05) is 32.3 Å². The van der Waals surface area contributed by atoms with E-state index in [0.29, 0.717) is 13.0 Å². The first-order valence-corrected chi connectivity index (χ1v) is 12.7. The van der Waals surface area contributed by atoms with E-state index in [9.17, 15) is 13.2 Å². The van der Waals surface area contributed by atoms with Gasteiger partial charge in [0.05, 0.1) is 18.1 Å². The van der Waals surface area contributed by atoms with Crippen molar-refractivity contribution in [2.24, 2.45) is 11.8 Å². The van der Waals surface area contributed by atoms with Crippen molar-refractivity contribution < 1.29 is 13.2 Å². The zero-order valence-corrected chi connectivity index (χ0v) is 17.4. The predicted octanol–water partition coefficient (Wildman–Crippen LogP) is 4.26. The second-order valence-electron chi connectivity index (χ2n) is 7.96. The second kappa shape index (κ2) is 8.87. The molecule has 0 aromatic carbocycles. The van der Waals surface area contributed by atoms with E-state index in [4.69, 9.17) is 0 Å². The molecule has 1 aromatic rings. The van der Waals surface area contributed by atoms with Crippen LogP contribution in [0.1, 0.15) is 63.2 Å². The molecule has 1 amide bonds. The number of hydrogen-bond acceptors (Lipinski definition) is 4. The molecular formula is C20H31NO3S2. The summed E-state index contributed by atoms with van der Waals surface area (Å²) in [5.74, 6) is 1.40. The standard InChI is InChI=1S/C20H31NO3S2/c1-2-3-5-16-7-9-17(10-8-16)20(22)21(14-19-6-4-12-25-19)18-11-13-26(23,24)15-18/h4,6,12,16-18H,2-3,5,7-11,13-15H2,1H3/t16?,17?,18-/m1/s1. The third-order valence-corrected chi connectivity index (χ3v) is 8.61. The minimum Gasteiger partial charge on any atom is -0.333 e. The maximum absolute atomic E-state index is 13.3. The Kier molecular flexibility index (Phi) is 6.78. The van der Waals surface area contributed by atoms with Crippen LogP contribution in [-0.4, -0.2) is 36.8 Å². The fourth-order valence-electron chi connectivity index (χ4n) is 4.40. The van der Waals surface area contributed by atoms with E-state index in [1.54, 1.807) is 11.3 Å². The molecule has 26 heavy (non-hydrogen) atoms. The van der Waals surface area contributed by atoms with Crippen LogP contribution in [0.3, 0.4) is 0 Å². The molecule has 146 valence electrons. The average molecular weight is 398 g/mol. The first kappa shape index (κ1) is 19.9. The first-order valence-electron chi connectivity index (χ1n) is 10.0. The Morgan fingerprint density at radius 3 is 2.58 bits per heavy atom. The minimum absolute atomic E-state index is 0.0798. The summed E-state index contributed by atoms with van der Waals surface area (Å²) in [7, 11) is -2.99. The Bertz CT molecular complexity index is 676. The zero-order chi connectivity index (χ0) is 18.6. The topological polar surface area (TPSA) is 54.5 Å². The Balaban J connectivity index is 1.65. The van der Waals surface area contributed by atoms with E-state index in [0.717, 1.165) is 36.5 Å². The summed E-state index contributed by atoms with van der Waals surface area (Å²) in [4.78, 5) is 16.3. The third kappa shape index (κ3) is 5.10. The van der Waals surface area contributed by atoms with Gasteiger partial charge in [-0.25, -0.2) is 8.42 Å². The summed E-state index contributed by atoms with van der Waals surface area (Å²) in [5, 5.41) is 2.02. The van der Waals surface area contributed by atoms with E-state index in [-0.39, 0.29) is 29.4 Å². The summed E-state index contributed by atoms with van der Waals surface area (Å²) >= 11 is 1.64. The quantitative estimate of drug-likeness (QED) is 0.691. The van der Waals surface area contributed by atoms with Gasteiger partial charge < -0.3 is 4.90 Å². The first-order chi connectivity index (χ1) is 12.5.